The third-order valence-electron chi connectivity index (χ3n) is 5.56. The lowest BCUT2D eigenvalue weighted by Gasteiger charge is -2.12. The average Bonchev–Trinajstić information content (AvgIpc) is 3.19. The molecule has 154 valence electrons. The molecule has 2 atom stereocenters. The predicted octanol–water partition coefficient (Wildman–Crippen LogP) is 4.38. The summed E-state index contributed by atoms with van der Waals surface area (Å²) in [5.74, 6) is -0.831. The van der Waals surface area contributed by atoms with Crippen molar-refractivity contribution in [3.63, 3.8) is 0 Å². The number of thiazole rings is 1. The van der Waals surface area contributed by atoms with E-state index in [1.165, 1.54) is 11.3 Å². The van der Waals surface area contributed by atoms with Gasteiger partial charge < -0.3 is 5.32 Å². The summed E-state index contributed by atoms with van der Waals surface area (Å²) in [4.78, 5) is 16.5. The lowest BCUT2D eigenvalue weighted by Crippen LogP contribution is -2.14. The first-order chi connectivity index (χ1) is 15.2. The Morgan fingerprint density at radius 2 is 2.23 bits per heavy atom. The Balaban J connectivity index is 1.41. The molecule has 1 aliphatic carbocycles. The van der Waals surface area contributed by atoms with Crippen molar-refractivity contribution in [3.05, 3.63) is 60.6 Å². The van der Waals surface area contributed by atoms with Crippen LogP contribution in [0.25, 0.3) is 32.2 Å². The summed E-state index contributed by atoms with van der Waals surface area (Å²) >= 11 is 1.39. The van der Waals surface area contributed by atoms with Crippen LogP contribution in [0, 0.1) is 5.92 Å². The molecule has 31 heavy (non-hydrogen) atoms. The summed E-state index contributed by atoms with van der Waals surface area (Å²) in [7, 11) is 0. The van der Waals surface area contributed by atoms with E-state index in [-0.39, 0.29) is 5.91 Å². The van der Waals surface area contributed by atoms with Crippen molar-refractivity contribution in [2.75, 3.05) is 5.32 Å². The highest BCUT2D eigenvalue weighted by Gasteiger charge is 2.43. The number of amides is 1. The van der Waals surface area contributed by atoms with Gasteiger partial charge in [-0.15, -0.1) is 0 Å². The molecule has 1 aliphatic rings. The highest BCUT2D eigenvalue weighted by atomic mass is 32.1. The van der Waals surface area contributed by atoms with Crippen LogP contribution >= 0.6 is 11.3 Å². The molecule has 7 nitrogen and oxygen atoms in total. The second-order valence-corrected chi connectivity index (χ2v) is 8.71. The van der Waals surface area contributed by atoms with E-state index in [4.69, 9.17) is 0 Å². The van der Waals surface area contributed by atoms with Gasteiger partial charge in [0.2, 0.25) is 5.91 Å². The quantitative estimate of drug-likeness (QED) is 0.431. The Bertz CT molecular complexity index is 1420. The van der Waals surface area contributed by atoms with Gasteiger partial charge in [0, 0.05) is 17.8 Å². The molecule has 2 aromatic carbocycles. The number of rotatable bonds is 5. The fourth-order valence-corrected chi connectivity index (χ4v) is 4.78. The SMILES string of the molecule is O=C(Nc1nc2ccc(-c3c(Cn4cccn4)ccc4[nH]ncc34)cc2s1)C1C[C@@H]1F. The molecule has 0 bridgehead atoms. The van der Waals surface area contributed by atoms with Crippen molar-refractivity contribution in [1.82, 2.24) is 25.0 Å². The number of hydrogen-bond acceptors (Lipinski definition) is 5. The summed E-state index contributed by atoms with van der Waals surface area (Å²) in [5, 5.41) is 15.9. The summed E-state index contributed by atoms with van der Waals surface area (Å²) < 4.78 is 16.0. The van der Waals surface area contributed by atoms with Crippen LogP contribution in [-0.4, -0.2) is 37.0 Å². The second kappa shape index (κ2) is 6.98. The first-order valence-electron chi connectivity index (χ1n) is 9.94. The van der Waals surface area contributed by atoms with Gasteiger partial charge in [0.05, 0.1) is 34.4 Å². The number of hydrogen-bond donors (Lipinski definition) is 2. The van der Waals surface area contributed by atoms with Gasteiger partial charge in [0.25, 0.3) is 0 Å². The van der Waals surface area contributed by atoms with Gasteiger partial charge in [-0.1, -0.05) is 23.5 Å². The average molecular weight is 432 g/mol. The molecular formula is C22H17FN6OS. The largest absolute Gasteiger partial charge is 0.302 e. The number of carbonyl (C=O) groups excluding carboxylic acids is 1. The summed E-state index contributed by atoms with van der Waals surface area (Å²) in [5.41, 5.74) is 5.00. The summed E-state index contributed by atoms with van der Waals surface area (Å²) in [6.45, 7) is 0.636. The molecule has 9 heteroatoms. The van der Waals surface area contributed by atoms with Crippen LogP contribution in [0.15, 0.2) is 55.0 Å². The molecule has 6 rings (SSSR count). The Morgan fingerprint density at radius 3 is 3.03 bits per heavy atom. The highest BCUT2D eigenvalue weighted by Crippen LogP contribution is 2.38. The molecule has 0 saturated heterocycles. The fourth-order valence-electron chi connectivity index (χ4n) is 3.87. The van der Waals surface area contributed by atoms with E-state index in [0.29, 0.717) is 18.1 Å². The number of benzene rings is 2. The molecule has 3 heterocycles. The van der Waals surface area contributed by atoms with E-state index in [9.17, 15) is 9.18 Å². The van der Waals surface area contributed by atoms with Crippen LogP contribution in [-0.2, 0) is 11.3 Å². The van der Waals surface area contributed by atoms with Crippen molar-refractivity contribution in [2.24, 2.45) is 5.92 Å². The van der Waals surface area contributed by atoms with Gasteiger partial charge in [-0.3, -0.25) is 14.6 Å². The Morgan fingerprint density at radius 1 is 1.32 bits per heavy atom. The van der Waals surface area contributed by atoms with Crippen LogP contribution < -0.4 is 5.32 Å². The number of H-pyrrole nitrogens is 1. The van der Waals surface area contributed by atoms with Gasteiger partial charge >= 0.3 is 0 Å². The van der Waals surface area contributed by atoms with E-state index < -0.39 is 12.1 Å². The van der Waals surface area contributed by atoms with E-state index in [1.807, 2.05) is 41.3 Å². The van der Waals surface area contributed by atoms with Crippen LogP contribution in [0.2, 0.25) is 0 Å². The zero-order valence-electron chi connectivity index (χ0n) is 16.2. The van der Waals surface area contributed by atoms with E-state index in [0.717, 1.165) is 37.8 Å². The van der Waals surface area contributed by atoms with Crippen molar-refractivity contribution < 1.29 is 9.18 Å². The summed E-state index contributed by atoms with van der Waals surface area (Å²) in [6, 6.07) is 12.1. The first-order valence-corrected chi connectivity index (χ1v) is 10.8. The number of aromatic nitrogens is 5. The van der Waals surface area contributed by atoms with Crippen LogP contribution in [0.3, 0.4) is 0 Å². The lowest BCUT2D eigenvalue weighted by atomic mass is 9.96. The molecule has 0 aliphatic heterocycles. The molecule has 1 fully saturated rings. The third kappa shape index (κ3) is 3.27. The number of aromatic amines is 1. The lowest BCUT2D eigenvalue weighted by molar-refractivity contribution is -0.117. The minimum absolute atomic E-state index is 0.295. The molecule has 5 aromatic rings. The van der Waals surface area contributed by atoms with Crippen LogP contribution in [0.1, 0.15) is 12.0 Å². The molecule has 1 amide bonds. The van der Waals surface area contributed by atoms with E-state index >= 15 is 0 Å². The Hall–Kier alpha value is -3.59. The number of halogens is 1. The van der Waals surface area contributed by atoms with Gasteiger partial charge in [-0.2, -0.15) is 10.2 Å². The Labute approximate surface area is 179 Å². The maximum atomic E-state index is 13.2. The van der Waals surface area contributed by atoms with E-state index in [2.05, 4.69) is 37.7 Å². The topological polar surface area (TPSA) is 88.5 Å². The minimum Gasteiger partial charge on any atom is -0.302 e. The molecule has 1 saturated carbocycles. The molecule has 0 radical (unpaired) electrons. The van der Waals surface area contributed by atoms with Crippen molar-refractivity contribution >= 4 is 43.5 Å². The maximum Gasteiger partial charge on any atom is 0.232 e. The van der Waals surface area contributed by atoms with E-state index in [1.54, 1.807) is 6.20 Å². The molecule has 1 unspecified atom stereocenters. The van der Waals surface area contributed by atoms with Crippen LogP contribution in [0.4, 0.5) is 9.52 Å². The fraction of sp³-hybridized carbons (Fsp3) is 0.182. The zero-order chi connectivity index (χ0) is 20.9. The molecular weight excluding hydrogens is 415 g/mol. The normalized spacial score (nSPS) is 18.0. The minimum atomic E-state index is -1.02. The smallest absolute Gasteiger partial charge is 0.232 e. The van der Waals surface area contributed by atoms with Crippen molar-refractivity contribution in [2.45, 2.75) is 19.1 Å². The van der Waals surface area contributed by atoms with Gasteiger partial charge in [-0.25, -0.2) is 9.37 Å². The zero-order valence-corrected chi connectivity index (χ0v) is 17.1. The Kier molecular flexibility index (Phi) is 4.10. The van der Waals surface area contributed by atoms with Crippen molar-refractivity contribution in [1.29, 1.82) is 0 Å². The number of nitrogens with zero attached hydrogens (tertiary/aromatic N) is 4. The summed E-state index contributed by atoms with van der Waals surface area (Å²) in [6.07, 6.45) is 4.82. The van der Waals surface area contributed by atoms with Gasteiger partial charge in [0.15, 0.2) is 5.13 Å². The molecule has 0 spiro atoms. The number of nitrogens with one attached hydrogen (secondary N) is 2. The number of fused-ring (bicyclic) bond motifs is 2. The first kappa shape index (κ1) is 18.2. The molecule has 2 N–H and O–H groups in total. The predicted molar refractivity (Wildman–Crippen MR) is 118 cm³/mol. The van der Waals surface area contributed by atoms with Crippen LogP contribution in [0.5, 0.6) is 0 Å². The number of alkyl halides is 1. The second-order valence-electron chi connectivity index (χ2n) is 7.68. The number of anilines is 1. The van der Waals surface area contributed by atoms with Gasteiger partial charge in [0.1, 0.15) is 6.17 Å². The third-order valence-corrected chi connectivity index (χ3v) is 6.49. The molecule has 3 aromatic heterocycles. The monoisotopic (exact) mass is 432 g/mol. The van der Waals surface area contributed by atoms with Crippen molar-refractivity contribution in [3.8, 4) is 11.1 Å². The van der Waals surface area contributed by atoms with Gasteiger partial charge in [-0.05, 0) is 47.4 Å². The highest BCUT2D eigenvalue weighted by molar-refractivity contribution is 7.22. The standard InChI is InChI=1S/C22H17FN6OS/c23-16-9-14(16)21(30)27-22-26-18-5-2-12(8-19(18)31-22)20-13(11-29-7-1-6-25-29)3-4-17-15(20)10-24-28-17/h1-8,10,14,16H,9,11H2,(H,24,28)(H,26,27,30)/t14?,16-/m0/s1. The number of carbonyl (C=O) groups is 1. The maximum absolute atomic E-state index is 13.2.